The Morgan fingerprint density at radius 2 is 2.05 bits per heavy atom. The Bertz CT molecular complexity index is 668. The van der Waals surface area contributed by atoms with Crippen LogP contribution in [0.1, 0.15) is 16.1 Å². The molecule has 1 fully saturated rings. The Kier molecular flexibility index (Phi) is 3.81. The van der Waals surface area contributed by atoms with E-state index in [2.05, 4.69) is 0 Å². The first-order valence-corrected chi connectivity index (χ1v) is 7.90. The number of carboxylic acids is 1. The molecule has 1 aromatic rings. The maximum absolute atomic E-state index is 12.7. The van der Waals surface area contributed by atoms with Crippen LogP contribution in [0.5, 0.6) is 0 Å². The lowest BCUT2D eigenvalue weighted by molar-refractivity contribution is -0.252. The molecule has 2 rings (SSSR count). The topological polar surface area (TPSA) is 94.9 Å². The Morgan fingerprint density at radius 1 is 1.43 bits per heavy atom. The van der Waals surface area contributed by atoms with Crippen molar-refractivity contribution < 1.29 is 36.6 Å². The molecule has 0 spiro atoms. The number of rotatable bonds is 3. The summed E-state index contributed by atoms with van der Waals surface area (Å²) in [7, 11) is -4.26. The highest BCUT2D eigenvalue weighted by atomic mass is 32.2. The summed E-state index contributed by atoms with van der Waals surface area (Å²) in [5, 5.41) is 19.3. The van der Waals surface area contributed by atoms with Crippen LogP contribution in [0.2, 0.25) is 0 Å². The van der Waals surface area contributed by atoms with Crippen molar-refractivity contribution in [1.82, 2.24) is 4.31 Å². The Hall–Kier alpha value is -1.17. The van der Waals surface area contributed by atoms with Gasteiger partial charge in [-0.3, -0.25) is 0 Å². The van der Waals surface area contributed by atoms with Crippen LogP contribution in [0.25, 0.3) is 0 Å². The second-order valence-electron chi connectivity index (χ2n) is 4.57. The molecule has 2 heterocycles. The summed E-state index contributed by atoms with van der Waals surface area (Å²) >= 11 is 0.659. The quantitative estimate of drug-likeness (QED) is 0.856. The van der Waals surface area contributed by atoms with Crippen molar-refractivity contribution >= 4 is 27.3 Å². The number of hydrogen-bond acceptors (Lipinski definition) is 5. The van der Waals surface area contributed by atoms with E-state index < -0.39 is 52.2 Å². The third-order valence-corrected chi connectivity index (χ3v) is 6.05. The van der Waals surface area contributed by atoms with Gasteiger partial charge in [-0.1, -0.05) is 0 Å². The van der Waals surface area contributed by atoms with Crippen molar-refractivity contribution in [1.29, 1.82) is 0 Å². The lowest BCUT2D eigenvalue weighted by Gasteiger charge is -2.25. The number of hydrogen-bond donors (Lipinski definition) is 2. The summed E-state index contributed by atoms with van der Waals surface area (Å²) in [6.07, 6.45) is -5.69. The van der Waals surface area contributed by atoms with Gasteiger partial charge < -0.3 is 10.2 Å². The van der Waals surface area contributed by atoms with Crippen molar-refractivity contribution in [2.45, 2.75) is 23.1 Å². The molecule has 1 saturated heterocycles. The van der Waals surface area contributed by atoms with Gasteiger partial charge in [-0.05, 0) is 6.07 Å². The monoisotopic (exact) mass is 345 g/mol. The Balaban J connectivity index is 2.28. The molecule has 6 nitrogen and oxygen atoms in total. The van der Waals surface area contributed by atoms with E-state index >= 15 is 0 Å². The zero-order valence-electron chi connectivity index (χ0n) is 10.3. The summed E-state index contributed by atoms with van der Waals surface area (Å²) in [5.74, 6) is -1.32. The number of sulfonamides is 1. The number of aromatic carboxylic acids is 1. The average molecular weight is 345 g/mol. The second-order valence-corrected chi connectivity index (χ2v) is 7.42. The van der Waals surface area contributed by atoms with E-state index in [0.29, 0.717) is 15.6 Å². The summed E-state index contributed by atoms with van der Waals surface area (Å²) in [5.41, 5.74) is -3.08. The smallest absolute Gasteiger partial charge is 0.418 e. The predicted octanol–water partition coefficient (Wildman–Crippen LogP) is 1.13. The van der Waals surface area contributed by atoms with E-state index in [4.69, 9.17) is 5.11 Å². The highest BCUT2D eigenvalue weighted by Crippen LogP contribution is 2.39. The molecule has 0 aromatic carbocycles. The minimum Gasteiger partial charge on any atom is -0.477 e. The van der Waals surface area contributed by atoms with Crippen molar-refractivity contribution in [2.75, 3.05) is 13.1 Å². The van der Waals surface area contributed by atoms with Crippen LogP contribution in [0, 0.1) is 0 Å². The predicted molar refractivity (Wildman–Crippen MR) is 65.7 cm³/mol. The number of alkyl halides is 3. The van der Waals surface area contributed by atoms with Gasteiger partial charge in [-0.2, -0.15) is 17.5 Å². The minimum atomic E-state index is -4.93. The van der Waals surface area contributed by atoms with E-state index in [-0.39, 0.29) is 4.88 Å². The molecule has 0 bridgehead atoms. The molecule has 0 aliphatic carbocycles. The fourth-order valence-corrected chi connectivity index (χ4v) is 4.50. The zero-order chi connectivity index (χ0) is 16.1. The molecule has 0 amide bonds. The van der Waals surface area contributed by atoms with E-state index in [0.717, 1.165) is 11.4 Å². The SMILES string of the molecule is O=C(O)c1cc(S(=O)(=O)N2CCC(O)(C(F)(F)F)C2)cs1. The first-order chi connectivity index (χ1) is 9.47. The van der Waals surface area contributed by atoms with Gasteiger partial charge in [0.25, 0.3) is 0 Å². The van der Waals surface area contributed by atoms with Gasteiger partial charge in [0.05, 0.1) is 11.4 Å². The molecule has 21 heavy (non-hydrogen) atoms. The van der Waals surface area contributed by atoms with Gasteiger partial charge in [0.2, 0.25) is 10.0 Å². The number of halogens is 3. The molecule has 1 unspecified atom stereocenters. The van der Waals surface area contributed by atoms with Crippen LogP contribution >= 0.6 is 11.3 Å². The van der Waals surface area contributed by atoms with Gasteiger partial charge in [-0.15, -0.1) is 11.3 Å². The van der Waals surface area contributed by atoms with E-state index in [1.165, 1.54) is 0 Å². The molecule has 1 aromatic heterocycles. The molecule has 1 aliphatic rings. The van der Waals surface area contributed by atoms with Crippen molar-refractivity contribution in [3.63, 3.8) is 0 Å². The second kappa shape index (κ2) is 4.93. The molecule has 0 saturated carbocycles. The van der Waals surface area contributed by atoms with Crippen LogP contribution in [0.4, 0.5) is 13.2 Å². The van der Waals surface area contributed by atoms with Gasteiger partial charge in [0, 0.05) is 18.3 Å². The van der Waals surface area contributed by atoms with Crippen molar-refractivity contribution in [2.24, 2.45) is 0 Å². The number of nitrogens with zero attached hydrogens (tertiary/aromatic N) is 1. The molecule has 2 N–H and O–H groups in total. The maximum atomic E-state index is 12.7. The Labute approximate surface area is 121 Å². The maximum Gasteiger partial charge on any atom is 0.418 e. The van der Waals surface area contributed by atoms with Gasteiger partial charge in [0.15, 0.2) is 5.60 Å². The van der Waals surface area contributed by atoms with Gasteiger partial charge in [-0.25, -0.2) is 13.2 Å². The first kappa shape index (κ1) is 16.2. The third kappa shape index (κ3) is 2.78. The standard InChI is InChI=1S/C10H10F3NO5S2/c11-10(12,13)9(17)1-2-14(5-9)21(18,19)6-3-7(8(15)16)20-4-6/h3-4,17H,1-2,5H2,(H,15,16). The highest BCUT2D eigenvalue weighted by molar-refractivity contribution is 7.89. The molecule has 0 radical (unpaired) electrons. The lowest BCUT2D eigenvalue weighted by atomic mass is 10.0. The summed E-state index contributed by atoms with van der Waals surface area (Å²) in [6.45, 7) is -1.59. The zero-order valence-corrected chi connectivity index (χ0v) is 11.9. The van der Waals surface area contributed by atoms with E-state index in [1.807, 2.05) is 0 Å². The number of aliphatic hydroxyl groups is 1. The fourth-order valence-electron chi connectivity index (χ4n) is 1.91. The molecular formula is C10H10F3NO5S2. The van der Waals surface area contributed by atoms with E-state index in [9.17, 15) is 31.5 Å². The normalized spacial score (nSPS) is 24.4. The van der Waals surface area contributed by atoms with Crippen LogP contribution in [-0.4, -0.2) is 53.8 Å². The van der Waals surface area contributed by atoms with Crippen LogP contribution in [-0.2, 0) is 10.0 Å². The van der Waals surface area contributed by atoms with E-state index in [1.54, 1.807) is 0 Å². The lowest BCUT2D eigenvalue weighted by Crippen LogP contribution is -2.47. The Morgan fingerprint density at radius 3 is 2.48 bits per heavy atom. The van der Waals surface area contributed by atoms with Gasteiger partial charge >= 0.3 is 12.1 Å². The number of carbonyl (C=O) groups is 1. The number of β-amino-alcohol motifs (C(OH)–C–C–N with tert-alkyl or cyclic N) is 1. The van der Waals surface area contributed by atoms with Crippen molar-refractivity contribution in [3.05, 3.63) is 16.3 Å². The minimum absolute atomic E-state index is 0.237. The van der Waals surface area contributed by atoms with Crippen molar-refractivity contribution in [3.8, 4) is 0 Å². The molecule has 11 heteroatoms. The summed E-state index contributed by atoms with van der Waals surface area (Å²) in [4.78, 5) is 10.1. The average Bonchev–Trinajstić information content (AvgIpc) is 2.94. The number of thiophene rings is 1. The summed E-state index contributed by atoms with van der Waals surface area (Å²) in [6, 6.07) is 0.882. The third-order valence-electron chi connectivity index (χ3n) is 3.16. The molecular weight excluding hydrogens is 335 g/mol. The fraction of sp³-hybridized carbons (Fsp3) is 0.500. The molecule has 1 aliphatic heterocycles. The highest BCUT2D eigenvalue weighted by Gasteiger charge is 2.58. The van der Waals surface area contributed by atoms with Crippen LogP contribution in [0.3, 0.4) is 0 Å². The van der Waals surface area contributed by atoms with Crippen LogP contribution < -0.4 is 0 Å². The summed E-state index contributed by atoms with van der Waals surface area (Å²) < 4.78 is 62.8. The van der Waals surface area contributed by atoms with Crippen LogP contribution in [0.15, 0.2) is 16.3 Å². The molecule has 1 atom stereocenters. The first-order valence-electron chi connectivity index (χ1n) is 5.58. The van der Waals surface area contributed by atoms with Gasteiger partial charge in [0.1, 0.15) is 4.88 Å². The number of carboxylic acid groups (broad SMARTS) is 1. The largest absolute Gasteiger partial charge is 0.477 e. The molecule has 118 valence electrons.